The average molecular weight is 308 g/mol. The maximum atomic E-state index is 12.8. The van der Waals surface area contributed by atoms with Gasteiger partial charge in [0.2, 0.25) is 0 Å². The molecule has 1 aromatic heterocycles. The molecule has 4 nitrogen and oxygen atoms in total. The number of hydrogen-bond acceptors (Lipinski definition) is 6. The first-order valence-corrected chi connectivity index (χ1v) is 8.21. The summed E-state index contributed by atoms with van der Waals surface area (Å²) in [6.45, 7) is 0. The number of benzene rings is 1. The van der Waals surface area contributed by atoms with Crippen LogP contribution in [0.2, 0.25) is 0 Å². The molecule has 3 rings (SSSR count). The molecule has 0 bridgehead atoms. The van der Waals surface area contributed by atoms with E-state index in [9.17, 15) is 4.39 Å². The highest BCUT2D eigenvalue weighted by Gasteiger charge is 2.19. The molecule has 0 fully saturated rings. The Balaban J connectivity index is 1.76. The molecule has 1 aliphatic heterocycles. The Morgan fingerprint density at radius 1 is 1.25 bits per heavy atom. The van der Waals surface area contributed by atoms with Crippen molar-refractivity contribution in [3.8, 4) is 0 Å². The van der Waals surface area contributed by atoms with E-state index in [2.05, 4.69) is 15.4 Å². The number of halogens is 1. The van der Waals surface area contributed by atoms with Gasteiger partial charge in [0.25, 0.3) is 0 Å². The Hall–Kier alpha value is -1.31. The van der Waals surface area contributed by atoms with Crippen LogP contribution in [-0.4, -0.2) is 9.97 Å². The number of nitrogens with zero attached hydrogens (tertiary/aromatic N) is 2. The van der Waals surface area contributed by atoms with Crippen molar-refractivity contribution < 1.29 is 4.39 Å². The van der Waals surface area contributed by atoms with E-state index in [1.54, 1.807) is 23.9 Å². The Morgan fingerprint density at radius 2 is 2.05 bits per heavy atom. The summed E-state index contributed by atoms with van der Waals surface area (Å²) in [6.07, 6.45) is 0. The summed E-state index contributed by atoms with van der Waals surface area (Å²) in [6, 6.07) is 6.42. The molecule has 0 saturated carbocycles. The molecule has 0 spiro atoms. The smallest absolute Gasteiger partial charge is 0.148 e. The first-order valence-electron chi connectivity index (χ1n) is 6.07. The number of nitrogens with two attached hydrogens (primary N) is 1. The predicted molar refractivity (Wildman–Crippen MR) is 80.8 cm³/mol. The van der Waals surface area contributed by atoms with Gasteiger partial charge in [0.05, 0.1) is 11.4 Å². The summed E-state index contributed by atoms with van der Waals surface area (Å²) in [4.78, 5) is 10.0. The topological polar surface area (TPSA) is 63.8 Å². The van der Waals surface area contributed by atoms with Crippen molar-refractivity contribution in [3.63, 3.8) is 0 Å². The van der Waals surface area contributed by atoms with E-state index >= 15 is 0 Å². The highest BCUT2D eigenvalue weighted by atomic mass is 32.2. The average Bonchev–Trinajstić information content (AvgIpc) is 2.94. The monoisotopic (exact) mass is 308 g/mol. The largest absolute Gasteiger partial charge is 0.308 e. The van der Waals surface area contributed by atoms with Crippen molar-refractivity contribution >= 4 is 29.3 Å². The lowest BCUT2D eigenvalue weighted by molar-refractivity contribution is 0.626. The van der Waals surface area contributed by atoms with Crippen molar-refractivity contribution in [2.45, 2.75) is 22.2 Å². The lowest BCUT2D eigenvalue weighted by Gasteiger charge is -2.08. The number of thioether (sulfide) groups is 2. The van der Waals surface area contributed by atoms with E-state index in [1.165, 1.54) is 12.1 Å². The van der Waals surface area contributed by atoms with Crippen LogP contribution >= 0.6 is 23.5 Å². The number of anilines is 1. The second-order valence-corrected chi connectivity index (χ2v) is 6.33. The molecule has 2 heterocycles. The van der Waals surface area contributed by atoms with Crippen molar-refractivity contribution in [1.82, 2.24) is 9.97 Å². The van der Waals surface area contributed by atoms with Crippen LogP contribution in [0.15, 0.2) is 29.2 Å². The molecule has 20 heavy (non-hydrogen) atoms. The fraction of sp³-hybridized carbons (Fsp3) is 0.231. The highest BCUT2D eigenvalue weighted by Crippen LogP contribution is 2.33. The Bertz CT molecular complexity index is 619. The molecule has 1 aliphatic rings. The minimum absolute atomic E-state index is 0.227. The van der Waals surface area contributed by atoms with Gasteiger partial charge in [0.1, 0.15) is 17.5 Å². The zero-order valence-corrected chi connectivity index (χ0v) is 12.2. The minimum Gasteiger partial charge on any atom is -0.308 e. The number of aromatic nitrogens is 2. The van der Waals surface area contributed by atoms with Crippen LogP contribution < -0.4 is 11.3 Å². The number of nitrogens with one attached hydrogen (secondary N) is 1. The maximum Gasteiger partial charge on any atom is 0.148 e. The van der Waals surface area contributed by atoms with Gasteiger partial charge in [-0.3, -0.25) is 0 Å². The number of hydrazine groups is 1. The molecular formula is C13H13FN4S2. The van der Waals surface area contributed by atoms with Gasteiger partial charge < -0.3 is 5.43 Å². The van der Waals surface area contributed by atoms with Crippen molar-refractivity contribution in [1.29, 1.82) is 0 Å². The van der Waals surface area contributed by atoms with Crippen LogP contribution in [0.5, 0.6) is 0 Å². The van der Waals surface area contributed by atoms with Crippen LogP contribution in [0.4, 0.5) is 10.2 Å². The molecule has 0 aliphatic carbocycles. The van der Waals surface area contributed by atoms with E-state index in [0.717, 1.165) is 39.3 Å². The summed E-state index contributed by atoms with van der Waals surface area (Å²) in [5.74, 6) is 9.20. The van der Waals surface area contributed by atoms with Crippen LogP contribution in [0, 0.1) is 5.82 Å². The first-order chi connectivity index (χ1) is 9.76. The number of nitrogen functional groups attached to an aromatic ring is 1. The Morgan fingerprint density at radius 3 is 2.80 bits per heavy atom. The second-order valence-electron chi connectivity index (χ2n) is 4.29. The number of rotatable bonds is 4. The SMILES string of the molecule is NNc1nc(CSc2ccc(F)cc2)nc2c1CSC2. The molecule has 0 radical (unpaired) electrons. The van der Waals surface area contributed by atoms with Crippen molar-refractivity contribution in [3.05, 3.63) is 47.2 Å². The van der Waals surface area contributed by atoms with Crippen LogP contribution in [0.3, 0.4) is 0 Å². The normalized spacial score (nSPS) is 13.3. The van der Waals surface area contributed by atoms with E-state index in [4.69, 9.17) is 5.84 Å². The molecule has 1 aromatic carbocycles. The minimum atomic E-state index is -0.227. The molecule has 2 aromatic rings. The lowest BCUT2D eigenvalue weighted by Crippen LogP contribution is -2.13. The summed E-state index contributed by atoms with van der Waals surface area (Å²) in [5, 5.41) is 0. The fourth-order valence-electron chi connectivity index (χ4n) is 1.96. The van der Waals surface area contributed by atoms with E-state index < -0.39 is 0 Å². The predicted octanol–water partition coefficient (Wildman–Crippen LogP) is 2.94. The van der Waals surface area contributed by atoms with Gasteiger partial charge in [-0.2, -0.15) is 11.8 Å². The number of fused-ring (bicyclic) bond motifs is 1. The van der Waals surface area contributed by atoms with Crippen LogP contribution in [0.1, 0.15) is 17.1 Å². The molecule has 0 saturated heterocycles. The standard InChI is InChI=1S/C13H13FN4S2/c14-8-1-3-9(4-2-8)20-7-12-16-11-6-19-5-10(11)13(17-12)18-15/h1-4H,5-7,15H2,(H,16,17,18). The van der Waals surface area contributed by atoms with E-state index in [0.29, 0.717) is 5.75 Å². The van der Waals surface area contributed by atoms with Crippen LogP contribution in [0.25, 0.3) is 0 Å². The lowest BCUT2D eigenvalue weighted by atomic mass is 10.2. The molecule has 0 atom stereocenters. The second kappa shape index (κ2) is 5.99. The third kappa shape index (κ3) is 2.89. The van der Waals surface area contributed by atoms with E-state index in [1.807, 2.05) is 11.8 Å². The van der Waals surface area contributed by atoms with Gasteiger partial charge in [0.15, 0.2) is 0 Å². The molecule has 3 N–H and O–H groups in total. The van der Waals surface area contributed by atoms with Gasteiger partial charge in [0, 0.05) is 22.0 Å². The summed E-state index contributed by atoms with van der Waals surface area (Å²) in [5.41, 5.74) is 4.82. The molecule has 0 amide bonds. The maximum absolute atomic E-state index is 12.8. The van der Waals surface area contributed by atoms with Gasteiger partial charge in [-0.1, -0.05) is 0 Å². The highest BCUT2D eigenvalue weighted by molar-refractivity contribution is 7.98. The van der Waals surface area contributed by atoms with E-state index in [-0.39, 0.29) is 5.82 Å². The van der Waals surface area contributed by atoms with Crippen molar-refractivity contribution in [2.75, 3.05) is 5.43 Å². The zero-order valence-electron chi connectivity index (χ0n) is 10.6. The quantitative estimate of drug-likeness (QED) is 0.514. The van der Waals surface area contributed by atoms with Gasteiger partial charge in [-0.05, 0) is 24.3 Å². The van der Waals surface area contributed by atoms with Gasteiger partial charge in [-0.15, -0.1) is 11.8 Å². The first kappa shape index (κ1) is 13.7. The summed E-state index contributed by atoms with van der Waals surface area (Å²) >= 11 is 3.39. The Labute approximate surface area is 124 Å². The summed E-state index contributed by atoms with van der Waals surface area (Å²) < 4.78 is 12.8. The van der Waals surface area contributed by atoms with Gasteiger partial charge in [-0.25, -0.2) is 20.2 Å². The Kier molecular flexibility index (Phi) is 4.09. The third-order valence-electron chi connectivity index (χ3n) is 2.94. The van der Waals surface area contributed by atoms with Crippen LogP contribution in [-0.2, 0) is 17.3 Å². The summed E-state index contributed by atoms with van der Waals surface area (Å²) in [7, 11) is 0. The van der Waals surface area contributed by atoms with Crippen molar-refractivity contribution in [2.24, 2.45) is 5.84 Å². The molecule has 0 unspecified atom stereocenters. The van der Waals surface area contributed by atoms with Gasteiger partial charge >= 0.3 is 0 Å². The fourth-order valence-corrected chi connectivity index (χ4v) is 3.76. The third-order valence-corrected chi connectivity index (χ3v) is 4.92. The molecular weight excluding hydrogens is 295 g/mol. The molecule has 104 valence electrons. The number of hydrogen-bond donors (Lipinski definition) is 2. The zero-order chi connectivity index (χ0) is 13.9. The molecule has 7 heteroatoms.